The number of anilines is 2. The van der Waals surface area contributed by atoms with Crippen molar-refractivity contribution < 1.29 is 9.53 Å². The molecule has 4 aromatic rings. The van der Waals surface area contributed by atoms with Gasteiger partial charge in [-0.1, -0.05) is 30.2 Å². The van der Waals surface area contributed by atoms with Crippen molar-refractivity contribution in [2.24, 2.45) is 0 Å². The van der Waals surface area contributed by atoms with E-state index in [1.807, 2.05) is 41.3 Å². The number of nitrogens with zero attached hydrogens (tertiary/aromatic N) is 5. The van der Waals surface area contributed by atoms with Crippen molar-refractivity contribution in [1.82, 2.24) is 24.8 Å². The fourth-order valence-electron chi connectivity index (χ4n) is 5.42. The number of amides is 1. The monoisotopic (exact) mass is 588 g/mol. The number of fused-ring (bicyclic) bond motifs is 3. The van der Waals surface area contributed by atoms with E-state index in [-0.39, 0.29) is 5.91 Å². The molecule has 0 atom stereocenters. The van der Waals surface area contributed by atoms with Crippen LogP contribution in [0.3, 0.4) is 0 Å². The lowest BCUT2D eigenvalue weighted by atomic mass is 10.0. The molecule has 0 saturated carbocycles. The third kappa shape index (κ3) is 6.69. The highest BCUT2D eigenvalue weighted by Gasteiger charge is 2.25. The van der Waals surface area contributed by atoms with Crippen molar-refractivity contribution >= 4 is 50.6 Å². The maximum atomic E-state index is 12.9. The fourth-order valence-corrected chi connectivity index (χ4v) is 6.86. The number of rotatable bonds is 9. The summed E-state index contributed by atoms with van der Waals surface area (Å²) >= 11 is 8.18. The summed E-state index contributed by atoms with van der Waals surface area (Å²) in [4.78, 5) is 32.7. The predicted octanol–water partition coefficient (Wildman–Crippen LogP) is 6.38. The molecule has 6 rings (SSSR count). The van der Waals surface area contributed by atoms with E-state index in [1.165, 1.54) is 42.8 Å². The molecule has 2 aliphatic rings. The van der Waals surface area contributed by atoms with Crippen LogP contribution in [0.4, 0.5) is 11.5 Å². The van der Waals surface area contributed by atoms with Gasteiger partial charge in [-0.05, 0) is 74.7 Å². The van der Waals surface area contributed by atoms with Gasteiger partial charge in [0.1, 0.15) is 29.3 Å². The molecule has 8 nitrogen and oxygen atoms in total. The van der Waals surface area contributed by atoms with Crippen molar-refractivity contribution in [3.8, 4) is 5.75 Å². The van der Waals surface area contributed by atoms with Gasteiger partial charge in [0.15, 0.2) is 0 Å². The number of aromatic nitrogens is 3. The fraction of sp³-hybridized carbons (Fsp3) is 0.355. The molecule has 0 spiro atoms. The van der Waals surface area contributed by atoms with Gasteiger partial charge >= 0.3 is 0 Å². The Labute approximate surface area is 249 Å². The summed E-state index contributed by atoms with van der Waals surface area (Å²) in [6.45, 7) is 5.06. The number of hydrogen-bond donors (Lipinski definition) is 1. The van der Waals surface area contributed by atoms with Crippen LogP contribution >= 0.6 is 22.9 Å². The predicted molar refractivity (Wildman–Crippen MR) is 164 cm³/mol. The number of benzene rings is 1. The Morgan fingerprint density at radius 2 is 2.05 bits per heavy atom. The summed E-state index contributed by atoms with van der Waals surface area (Å²) in [6, 6.07) is 9.46. The molecule has 212 valence electrons. The molecule has 0 unspecified atom stereocenters. The average molecular weight is 589 g/mol. The van der Waals surface area contributed by atoms with Gasteiger partial charge < -0.3 is 19.9 Å². The SMILES string of the molecule is O=C(C=CCCN1CCCCC1)N1CCc2c(sc3ncnc(Nc4ccc(OCc5cccnc5)c(Cl)c4)c23)C1. The third-order valence-electron chi connectivity index (χ3n) is 7.58. The highest BCUT2D eigenvalue weighted by molar-refractivity contribution is 7.19. The number of carbonyl (C=O) groups is 1. The molecule has 0 aliphatic carbocycles. The normalized spacial score (nSPS) is 15.8. The van der Waals surface area contributed by atoms with Crippen LogP contribution in [0.5, 0.6) is 5.75 Å². The summed E-state index contributed by atoms with van der Waals surface area (Å²) < 4.78 is 5.89. The first kappa shape index (κ1) is 27.6. The second kappa shape index (κ2) is 13.0. The minimum atomic E-state index is 0.0802. The number of likely N-dealkylation sites (tertiary alicyclic amines) is 1. The summed E-state index contributed by atoms with van der Waals surface area (Å²) in [5.41, 5.74) is 3.00. The molecule has 41 heavy (non-hydrogen) atoms. The lowest BCUT2D eigenvalue weighted by molar-refractivity contribution is -0.126. The van der Waals surface area contributed by atoms with Crippen LogP contribution in [0.25, 0.3) is 10.2 Å². The van der Waals surface area contributed by atoms with Crippen LogP contribution in [0.2, 0.25) is 5.02 Å². The van der Waals surface area contributed by atoms with Gasteiger partial charge in [0.05, 0.1) is 17.0 Å². The number of piperidine rings is 1. The van der Waals surface area contributed by atoms with E-state index >= 15 is 0 Å². The van der Waals surface area contributed by atoms with E-state index in [2.05, 4.69) is 25.2 Å². The highest BCUT2D eigenvalue weighted by atomic mass is 35.5. The first-order chi connectivity index (χ1) is 20.1. The second-order valence-electron chi connectivity index (χ2n) is 10.4. The Morgan fingerprint density at radius 3 is 2.88 bits per heavy atom. The third-order valence-corrected chi connectivity index (χ3v) is 9.00. The largest absolute Gasteiger partial charge is 0.487 e. The molecule has 1 amide bonds. The maximum absolute atomic E-state index is 12.9. The number of hydrogen-bond acceptors (Lipinski definition) is 8. The van der Waals surface area contributed by atoms with E-state index in [0.29, 0.717) is 30.5 Å². The van der Waals surface area contributed by atoms with E-state index in [1.54, 1.807) is 36.1 Å². The number of thiophene rings is 1. The Hall–Kier alpha value is -3.53. The van der Waals surface area contributed by atoms with E-state index in [0.717, 1.165) is 46.7 Å². The van der Waals surface area contributed by atoms with E-state index in [4.69, 9.17) is 16.3 Å². The summed E-state index contributed by atoms with van der Waals surface area (Å²) in [7, 11) is 0. The van der Waals surface area contributed by atoms with Gasteiger partial charge in [-0.15, -0.1) is 11.3 Å². The molecular weight excluding hydrogens is 556 g/mol. The molecule has 0 bridgehead atoms. The molecule has 5 heterocycles. The van der Waals surface area contributed by atoms with Crippen LogP contribution in [0, 0.1) is 0 Å². The molecule has 0 radical (unpaired) electrons. The quantitative estimate of drug-likeness (QED) is 0.227. The molecule has 1 aromatic carbocycles. The Balaban J connectivity index is 1.10. The lowest BCUT2D eigenvalue weighted by Gasteiger charge is -2.26. The molecule has 1 fully saturated rings. The van der Waals surface area contributed by atoms with Gasteiger partial charge in [0, 0.05) is 41.6 Å². The Bertz CT molecular complexity index is 1540. The minimum absolute atomic E-state index is 0.0802. The molecule has 2 aliphatic heterocycles. The molecule has 3 aromatic heterocycles. The van der Waals surface area contributed by atoms with Crippen molar-refractivity contribution in [3.05, 3.63) is 82.2 Å². The van der Waals surface area contributed by atoms with Gasteiger partial charge in [-0.3, -0.25) is 9.78 Å². The van der Waals surface area contributed by atoms with Crippen molar-refractivity contribution in [2.45, 2.75) is 45.3 Å². The van der Waals surface area contributed by atoms with Gasteiger partial charge in [0.25, 0.3) is 0 Å². The average Bonchev–Trinajstić information content (AvgIpc) is 3.39. The van der Waals surface area contributed by atoms with E-state index < -0.39 is 0 Å². The molecule has 1 N–H and O–H groups in total. The van der Waals surface area contributed by atoms with Crippen molar-refractivity contribution in [1.29, 1.82) is 0 Å². The summed E-state index contributed by atoms with van der Waals surface area (Å²) in [6.07, 6.45) is 14.5. The molecule has 1 saturated heterocycles. The van der Waals surface area contributed by atoms with Gasteiger partial charge in [-0.25, -0.2) is 9.97 Å². The standard InChI is InChI=1S/C31H33ClN6O2S/c32-25-17-23(9-10-26(25)40-20-22-7-6-12-33-18-22)36-30-29-24-11-16-38(19-27(24)41-31(29)35-21-34-30)28(39)8-2-5-15-37-13-3-1-4-14-37/h2,6-10,12,17-18,21H,1,3-5,11,13-16,19-20H2,(H,34,35,36). The topological polar surface area (TPSA) is 83.5 Å². The zero-order chi connectivity index (χ0) is 28.0. The first-order valence-electron chi connectivity index (χ1n) is 14.2. The minimum Gasteiger partial charge on any atom is -0.487 e. The Kier molecular flexibility index (Phi) is 8.74. The van der Waals surface area contributed by atoms with Crippen LogP contribution in [0.15, 0.2) is 61.2 Å². The molecular formula is C31H33ClN6O2S. The van der Waals surface area contributed by atoms with Crippen molar-refractivity contribution in [3.63, 3.8) is 0 Å². The maximum Gasteiger partial charge on any atom is 0.246 e. The van der Waals surface area contributed by atoms with Crippen LogP contribution < -0.4 is 10.1 Å². The van der Waals surface area contributed by atoms with Gasteiger partial charge in [0.2, 0.25) is 5.91 Å². The van der Waals surface area contributed by atoms with Crippen LogP contribution in [0.1, 0.15) is 41.7 Å². The zero-order valence-corrected chi connectivity index (χ0v) is 24.5. The first-order valence-corrected chi connectivity index (χ1v) is 15.3. The smallest absolute Gasteiger partial charge is 0.246 e. The van der Waals surface area contributed by atoms with Crippen molar-refractivity contribution in [2.75, 3.05) is 31.5 Å². The number of carbonyl (C=O) groups excluding carboxylic acids is 1. The lowest BCUT2D eigenvalue weighted by Crippen LogP contribution is -2.34. The number of halogens is 1. The van der Waals surface area contributed by atoms with Crippen LogP contribution in [-0.2, 0) is 24.4 Å². The van der Waals surface area contributed by atoms with Crippen LogP contribution in [-0.4, -0.2) is 56.8 Å². The number of ether oxygens (including phenoxy) is 1. The summed E-state index contributed by atoms with van der Waals surface area (Å²) in [5, 5.41) is 4.96. The number of pyridine rings is 1. The second-order valence-corrected chi connectivity index (χ2v) is 11.9. The zero-order valence-electron chi connectivity index (χ0n) is 22.9. The van der Waals surface area contributed by atoms with Gasteiger partial charge in [-0.2, -0.15) is 0 Å². The number of nitrogens with one attached hydrogen (secondary N) is 1. The van der Waals surface area contributed by atoms with E-state index in [9.17, 15) is 4.79 Å². The Morgan fingerprint density at radius 1 is 1.15 bits per heavy atom. The summed E-state index contributed by atoms with van der Waals surface area (Å²) in [5.74, 6) is 1.42. The molecule has 10 heteroatoms. The highest BCUT2D eigenvalue weighted by Crippen LogP contribution is 2.39.